The van der Waals surface area contributed by atoms with Gasteiger partial charge in [0.2, 0.25) is 17.8 Å². The molecule has 1 aliphatic rings. The van der Waals surface area contributed by atoms with E-state index in [0.29, 0.717) is 23.6 Å². The lowest BCUT2D eigenvalue weighted by molar-refractivity contribution is -0.114. The Bertz CT molecular complexity index is 1040. The number of halogens is 1. The molecule has 160 valence electrons. The van der Waals surface area contributed by atoms with Gasteiger partial charge in [0.25, 0.3) is 0 Å². The average Bonchev–Trinajstić information content (AvgIpc) is 2.76. The number of aromatic nitrogens is 3. The van der Waals surface area contributed by atoms with Gasteiger partial charge >= 0.3 is 0 Å². The van der Waals surface area contributed by atoms with Gasteiger partial charge in [0.05, 0.1) is 0 Å². The summed E-state index contributed by atoms with van der Waals surface area (Å²) >= 11 is 5.96. The molecule has 1 aromatic heterocycles. The molecule has 1 saturated heterocycles. The third-order valence-electron chi connectivity index (χ3n) is 4.99. The molecule has 0 unspecified atom stereocenters. The third-order valence-corrected chi connectivity index (χ3v) is 5.24. The molecule has 3 aromatic rings. The minimum absolute atomic E-state index is 0.117. The molecule has 4 rings (SSSR count). The first-order valence-electron chi connectivity index (χ1n) is 10.2. The Morgan fingerprint density at radius 3 is 2.52 bits per heavy atom. The molecule has 3 N–H and O–H groups in total. The van der Waals surface area contributed by atoms with Crippen molar-refractivity contribution in [2.24, 2.45) is 0 Å². The Balaban J connectivity index is 1.35. The molecule has 0 radical (unpaired) electrons. The van der Waals surface area contributed by atoms with E-state index in [4.69, 9.17) is 11.6 Å². The van der Waals surface area contributed by atoms with Gasteiger partial charge in [0.15, 0.2) is 0 Å². The second-order valence-electron chi connectivity index (χ2n) is 7.41. The standard InChI is InChI=1S/C22H24ClN7O/c1-15(31)26-19-3-2-4-20(13-19)28-21-24-14-25-22(29-21)30-11-9-18(10-12-30)27-17-7-5-16(23)6-8-17/h2-8,13-14,18,27H,9-12H2,1H3,(H,26,31)(H,24,25,28,29). The summed E-state index contributed by atoms with van der Waals surface area (Å²) in [5.74, 6) is 1.00. The Morgan fingerprint density at radius 1 is 1.03 bits per heavy atom. The number of rotatable bonds is 6. The summed E-state index contributed by atoms with van der Waals surface area (Å²) in [6.07, 6.45) is 3.48. The fraction of sp³-hybridized carbons (Fsp3) is 0.273. The molecule has 9 heteroatoms. The van der Waals surface area contributed by atoms with E-state index in [0.717, 1.165) is 42.3 Å². The van der Waals surface area contributed by atoms with Crippen molar-refractivity contribution in [2.75, 3.05) is 33.9 Å². The zero-order valence-corrected chi connectivity index (χ0v) is 17.9. The number of nitrogens with one attached hydrogen (secondary N) is 3. The van der Waals surface area contributed by atoms with Crippen molar-refractivity contribution in [1.29, 1.82) is 0 Å². The van der Waals surface area contributed by atoms with Crippen LogP contribution in [0.4, 0.5) is 29.0 Å². The van der Waals surface area contributed by atoms with Crippen LogP contribution in [0.2, 0.25) is 5.02 Å². The Kier molecular flexibility index (Phi) is 6.47. The molecule has 0 saturated carbocycles. The molecule has 2 aromatic carbocycles. The monoisotopic (exact) mass is 437 g/mol. The summed E-state index contributed by atoms with van der Waals surface area (Å²) in [6, 6.07) is 15.6. The van der Waals surface area contributed by atoms with Gasteiger partial charge in [-0.25, -0.2) is 9.97 Å². The molecule has 1 aliphatic heterocycles. The zero-order chi connectivity index (χ0) is 21.6. The molecule has 2 heterocycles. The van der Waals surface area contributed by atoms with Crippen LogP contribution in [-0.4, -0.2) is 40.0 Å². The third kappa shape index (κ3) is 5.82. The summed E-state index contributed by atoms with van der Waals surface area (Å²) in [5.41, 5.74) is 2.58. The van der Waals surface area contributed by atoms with Crippen LogP contribution in [0.25, 0.3) is 0 Å². The van der Waals surface area contributed by atoms with E-state index in [1.165, 1.54) is 13.3 Å². The largest absolute Gasteiger partial charge is 0.382 e. The van der Waals surface area contributed by atoms with Gasteiger partial charge in [-0.2, -0.15) is 4.98 Å². The number of piperidine rings is 1. The first-order valence-corrected chi connectivity index (χ1v) is 10.5. The highest BCUT2D eigenvalue weighted by atomic mass is 35.5. The Hall–Kier alpha value is -3.39. The molecule has 0 spiro atoms. The van der Waals surface area contributed by atoms with E-state index in [2.05, 4.69) is 35.8 Å². The highest BCUT2D eigenvalue weighted by molar-refractivity contribution is 6.30. The van der Waals surface area contributed by atoms with Crippen LogP contribution in [0.1, 0.15) is 19.8 Å². The van der Waals surface area contributed by atoms with E-state index in [-0.39, 0.29) is 5.91 Å². The van der Waals surface area contributed by atoms with Crippen molar-refractivity contribution < 1.29 is 4.79 Å². The van der Waals surface area contributed by atoms with Gasteiger partial charge in [0, 0.05) is 48.1 Å². The van der Waals surface area contributed by atoms with E-state index < -0.39 is 0 Å². The number of anilines is 5. The maximum Gasteiger partial charge on any atom is 0.231 e. The number of hydrogen-bond donors (Lipinski definition) is 3. The topological polar surface area (TPSA) is 95.1 Å². The van der Waals surface area contributed by atoms with Crippen molar-refractivity contribution in [3.63, 3.8) is 0 Å². The molecular weight excluding hydrogens is 414 g/mol. The Labute approximate surface area is 186 Å². The minimum Gasteiger partial charge on any atom is -0.382 e. The second kappa shape index (κ2) is 9.61. The second-order valence-corrected chi connectivity index (χ2v) is 7.85. The maximum atomic E-state index is 11.3. The fourth-order valence-electron chi connectivity index (χ4n) is 3.51. The highest BCUT2D eigenvalue weighted by Gasteiger charge is 2.21. The lowest BCUT2D eigenvalue weighted by atomic mass is 10.0. The number of hydrogen-bond acceptors (Lipinski definition) is 7. The number of benzene rings is 2. The lowest BCUT2D eigenvalue weighted by Gasteiger charge is -2.32. The molecule has 1 fully saturated rings. The van der Waals surface area contributed by atoms with Gasteiger partial charge in [-0.15, -0.1) is 0 Å². The van der Waals surface area contributed by atoms with Crippen molar-refractivity contribution in [3.8, 4) is 0 Å². The lowest BCUT2D eigenvalue weighted by Crippen LogP contribution is -2.40. The van der Waals surface area contributed by atoms with E-state index in [1.54, 1.807) is 0 Å². The quantitative estimate of drug-likeness (QED) is 0.528. The number of nitrogens with zero attached hydrogens (tertiary/aromatic N) is 4. The molecule has 0 atom stereocenters. The van der Waals surface area contributed by atoms with Crippen LogP contribution in [0.5, 0.6) is 0 Å². The normalized spacial score (nSPS) is 14.2. The summed E-state index contributed by atoms with van der Waals surface area (Å²) in [5, 5.41) is 10.2. The van der Waals surface area contributed by atoms with Crippen molar-refractivity contribution in [2.45, 2.75) is 25.8 Å². The van der Waals surface area contributed by atoms with Gasteiger partial charge < -0.3 is 20.9 Å². The predicted octanol–water partition coefficient (Wildman–Crippen LogP) is 4.31. The Morgan fingerprint density at radius 2 is 1.77 bits per heavy atom. The van der Waals surface area contributed by atoms with Gasteiger partial charge in [-0.3, -0.25) is 4.79 Å². The number of carbonyl (C=O) groups is 1. The zero-order valence-electron chi connectivity index (χ0n) is 17.2. The van der Waals surface area contributed by atoms with Crippen LogP contribution >= 0.6 is 11.6 Å². The van der Waals surface area contributed by atoms with Gasteiger partial charge in [-0.1, -0.05) is 17.7 Å². The summed E-state index contributed by atoms with van der Waals surface area (Å²) in [6.45, 7) is 3.19. The summed E-state index contributed by atoms with van der Waals surface area (Å²) in [4.78, 5) is 26.6. The van der Waals surface area contributed by atoms with Crippen LogP contribution in [0.15, 0.2) is 54.9 Å². The molecule has 8 nitrogen and oxygen atoms in total. The number of amides is 1. The summed E-state index contributed by atoms with van der Waals surface area (Å²) in [7, 11) is 0. The van der Waals surface area contributed by atoms with Crippen LogP contribution in [0, 0.1) is 0 Å². The van der Waals surface area contributed by atoms with E-state index in [9.17, 15) is 4.79 Å². The van der Waals surface area contributed by atoms with Crippen LogP contribution < -0.4 is 20.9 Å². The van der Waals surface area contributed by atoms with Crippen molar-refractivity contribution in [1.82, 2.24) is 15.0 Å². The maximum absolute atomic E-state index is 11.3. The van der Waals surface area contributed by atoms with E-state index in [1.807, 2.05) is 48.5 Å². The molecule has 1 amide bonds. The predicted molar refractivity (Wildman–Crippen MR) is 124 cm³/mol. The van der Waals surface area contributed by atoms with Gasteiger partial charge in [-0.05, 0) is 55.3 Å². The van der Waals surface area contributed by atoms with E-state index >= 15 is 0 Å². The number of carbonyl (C=O) groups excluding carboxylic acids is 1. The SMILES string of the molecule is CC(=O)Nc1cccc(Nc2ncnc(N3CCC(Nc4ccc(Cl)cc4)CC3)n2)c1. The average molecular weight is 438 g/mol. The molecular formula is C22H24ClN7O. The van der Waals surface area contributed by atoms with Crippen LogP contribution in [-0.2, 0) is 4.79 Å². The molecule has 0 aliphatic carbocycles. The van der Waals surface area contributed by atoms with Crippen LogP contribution in [0.3, 0.4) is 0 Å². The minimum atomic E-state index is -0.117. The fourth-order valence-corrected chi connectivity index (χ4v) is 3.64. The first-order chi connectivity index (χ1) is 15.0. The summed E-state index contributed by atoms with van der Waals surface area (Å²) < 4.78 is 0. The van der Waals surface area contributed by atoms with Gasteiger partial charge in [0.1, 0.15) is 6.33 Å². The first kappa shape index (κ1) is 20.9. The highest BCUT2D eigenvalue weighted by Crippen LogP contribution is 2.22. The van der Waals surface area contributed by atoms with Crippen molar-refractivity contribution in [3.05, 3.63) is 59.9 Å². The molecule has 31 heavy (non-hydrogen) atoms. The smallest absolute Gasteiger partial charge is 0.231 e. The van der Waals surface area contributed by atoms with Crippen molar-refractivity contribution >= 4 is 46.5 Å². The molecule has 0 bridgehead atoms.